The molecule has 0 atom stereocenters. The van der Waals surface area contributed by atoms with Crippen molar-refractivity contribution in [2.24, 2.45) is 0 Å². The van der Waals surface area contributed by atoms with Gasteiger partial charge in [0.2, 0.25) is 0 Å². The van der Waals surface area contributed by atoms with Gasteiger partial charge in [-0.1, -0.05) is 30.3 Å². The second-order valence-corrected chi connectivity index (χ2v) is 6.02. The fourth-order valence-corrected chi connectivity index (χ4v) is 3.66. The molecule has 0 fully saturated rings. The zero-order chi connectivity index (χ0) is 15.1. The lowest BCUT2D eigenvalue weighted by Crippen LogP contribution is -1.97. The topological polar surface area (TPSA) is 39.4 Å². The number of hydrogen-bond donors (Lipinski definition) is 0. The molecule has 22 heavy (non-hydrogen) atoms. The minimum absolute atomic E-state index is 0.295. The van der Waals surface area contributed by atoms with Crippen molar-refractivity contribution >= 4 is 31.5 Å². The van der Waals surface area contributed by atoms with Crippen LogP contribution >= 0.6 is 11.3 Å². The van der Waals surface area contributed by atoms with Crippen molar-refractivity contribution in [3.05, 3.63) is 65.0 Å². The maximum absolute atomic E-state index is 12.3. The molecular weight excluding hydrogens is 296 g/mol. The van der Waals surface area contributed by atoms with Crippen molar-refractivity contribution in [1.82, 2.24) is 0 Å². The first-order valence-electron chi connectivity index (χ1n) is 6.86. The summed E-state index contributed by atoms with van der Waals surface area (Å²) < 4.78 is 12.4. The van der Waals surface area contributed by atoms with Crippen molar-refractivity contribution in [1.29, 1.82) is 0 Å². The van der Waals surface area contributed by atoms with E-state index in [1.807, 2.05) is 54.6 Å². The Bertz CT molecular complexity index is 1030. The zero-order valence-electron chi connectivity index (χ0n) is 11.8. The molecule has 0 bridgehead atoms. The molecule has 4 rings (SSSR count). The van der Waals surface area contributed by atoms with Crippen molar-refractivity contribution in [3.8, 4) is 17.1 Å². The largest absolute Gasteiger partial charge is 0.497 e. The molecule has 0 N–H and O–H groups in total. The standard InChI is InChI=1S/C18H12O3S/c1-20-12-7-8-13-14-10-15(11-5-3-2-4-6-11)21-18(19)17(14)22-16(13)9-12/h2-10H,1H3. The number of thiophene rings is 1. The third-order valence-corrected chi connectivity index (χ3v) is 4.81. The lowest BCUT2D eigenvalue weighted by molar-refractivity contribution is 0.415. The van der Waals surface area contributed by atoms with Gasteiger partial charge in [0.15, 0.2) is 0 Å². The highest BCUT2D eigenvalue weighted by Crippen LogP contribution is 2.36. The van der Waals surface area contributed by atoms with Crippen LogP contribution in [-0.4, -0.2) is 7.11 Å². The molecule has 0 radical (unpaired) electrons. The van der Waals surface area contributed by atoms with E-state index in [-0.39, 0.29) is 5.63 Å². The molecule has 2 aromatic heterocycles. The van der Waals surface area contributed by atoms with E-state index < -0.39 is 0 Å². The summed E-state index contributed by atoms with van der Waals surface area (Å²) in [5.41, 5.74) is 0.603. The van der Waals surface area contributed by atoms with Gasteiger partial charge in [0.1, 0.15) is 16.2 Å². The maximum atomic E-state index is 12.3. The Morgan fingerprint density at radius 2 is 1.82 bits per heavy atom. The lowest BCUT2D eigenvalue weighted by Gasteiger charge is -2.00. The lowest BCUT2D eigenvalue weighted by atomic mass is 10.1. The third-order valence-electron chi connectivity index (χ3n) is 3.66. The third kappa shape index (κ3) is 2.00. The van der Waals surface area contributed by atoms with E-state index in [4.69, 9.17) is 9.15 Å². The fourth-order valence-electron chi connectivity index (χ4n) is 2.57. The van der Waals surface area contributed by atoms with Gasteiger partial charge in [-0.2, -0.15) is 0 Å². The van der Waals surface area contributed by atoms with E-state index >= 15 is 0 Å². The number of hydrogen-bond acceptors (Lipinski definition) is 4. The van der Waals surface area contributed by atoms with Gasteiger partial charge in [0.25, 0.3) is 0 Å². The quantitative estimate of drug-likeness (QED) is 0.539. The predicted octanol–water partition coefficient (Wildman–Crippen LogP) is 4.68. The Labute approximate surface area is 130 Å². The minimum Gasteiger partial charge on any atom is -0.497 e. The molecule has 0 aliphatic heterocycles. The molecule has 0 unspecified atom stereocenters. The van der Waals surface area contributed by atoms with Crippen molar-refractivity contribution in [2.75, 3.05) is 7.11 Å². The number of methoxy groups -OCH3 is 1. The summed E-state index contributed by atoms with van der Waals surface area (Å²) in [4.78, 5) is 12.3. The SMILES string of the molecule is COc1ccc2c(c1)sc1c(=O)oc(-c3ccccc3)cc12. The maximum Gasteiger partial charge on any atom is 0.354 e. The van der Waals surface area contributed by atoms with E-state index in [1.54, 1.807) is 7.11 Å². The van der Waals surface area contributed by atoms with Crippen LogP contribution in [0.15, 0.2) is 63.8 Å². The van der Waals surface area contributed by atoms with Gasteiger partial charge >= 0.3 is 5.63 Å². The first kappa shape index (κ1) is 13.1. The van der Waals surface area contributed by atoms with Crippen LogP contribution in [0.1, 0.15) is 0 Å². The Balaban J connectivity index is 2.04. The highest BCUT2D eigenvalue weighted by Gasteiger charge is 2.13. The minimum atomic E-state index is -0.295. The monoisotopic (exact) mass is 308 g/mol. The summed E-state index contributed by atoms with van der Waals surface area (Å²) in [7, 11) is 1.64. The van der Waals surface area contributed by atoms with Crippen LogP contribution in [0.25, 0.3) is 31.5 Å². The molecule has 2 aromatic carbocycles. The predicted molar refractivity (Wildman–Crippen MR) is 89.9 cm³/mol. The molecular formula is C18H12O3S. The van der Waals surface area contributed by atoms with Crippen LogP contribution < -0.4 is 10.4 Å². The average molecular weight is 308 g/mol. The van der Waals surface area contributed by atoms with Crippen LogP contribution in [-0.2, 0) is 0 Å². The van der Waals surface area contributed by atoms with Gasteiger partial charge < -0.3 is 9.15 Å². The van der Waals surface area contributed by atoms with Crippen LogP contribution in [0.3, 0.4) is 0 Å². The van der Waals surface area contributed by atoms with E-state index in [0.717, 1.165) is 26.8 Å². The Hall–Kier alpha value is -2.59. The average Bonchev–Trinajstić information content (AvgIpc) is 2.94. The second kappa shape index (κ2) is 5.00. The summed E-state index contributed by atoms with van der Waals surface area (Å²) in [6.07, 6.45) is 0. The molecule has 2 heterocycles. The summed E-state index contributed by atoms with van der Waals surface area (Å²) in [6.45, 7) is 0. The highest BCUT2D eigenvalue weighted by molar-refractivity contribution is 7.25. The van der Waals surface area contributed by atoms with Gasteiger partial charge in [-0.15, -0.1) is 11.3 Å². The molecule has 4 heteroatoms. The van der Waals surface area contributed by atoms with Gasteiger partial charge in [0.05, 0.1) is 7.11 Å². The summed E-state index contributed by atoms with van der Waals surface area (Å²) >= 11 is 1.44. The molecule has 0 amide bonds. The van der Waals surface area contributed by atoms with E-state index in [0.29, 0.717) is 10.5 Å². The van der Waals surface area contributed by atoms with Crippen LogP contribution in [0, 0.1) is 0 Å². The smallest absolute Gasteiger partial charge is 0.354 e. The summed E-state index contributed by atoms with van der Waals surface area (Å²) in [5, 5.41) is 1.98. The molecule has 4 aromatic rings. The molecule has 3 nitrogen and oxygen atoms in total. The van der Waals surface area contributed by atoms with Gasteiger partial charge in [-0.3, -0.25) is 0 Å². The molecule has 0 aliphatic carbocycles. The zero-order valence-corrected chi connectivity index (χ0v) is 12.6. The van der Waals surface area contributed by atoms with Gasteiger partial charge in [-0.05, 0) is 24.3 Å². The number of ether oxygens (including phenoxy) is 1. The normalized spacial score (nSPS) is 11.1. The Kier molecular flexibility index (Phi) is 2.98. The number of benzene rings is 2. The molecule has 0 saturated heterocycles. The Morgan fingerprint density at radius 3 is 2.59 bits per heavy atom. The van der Waals surface area contributed by atoms with Gasteiger partial charge in [0, 0.05) is 21.0 Å². The van der Waals surface area contributed by atoms with E-state index in [1.165, 1.54) is 11.3 Å². The van der Waals surface area contributed by atoms with Crippen LogP contribution in [0.4, 0.5) is 0 Å². The van der Waals surface area contributed by atoms with E-state index in [2.05, 4.69) is 0 Å². The van der Waals surface area contributed by atoms with Crippen molar-refractivity contribution in [2.45, 2.75) is 0 Å². The number of fused-ring (bicyclic) bond motifs is 3. The summed E-state index contributed by atoms with van der Waals surface area (Å²) in [6, 6.07) is 17.4. The molecule has 108 valence electrons. The van der Waals surface area contributed by atoms with Crippen molar-refractivity contribution < 1.29 is 9.15 Å². The molecule has 0 spiro atoms. The van der Waals surface area contributed by atoms with Crippen LogP contribution in [0.2, 0.25) is 0 Å². The molecule has 0 aliphatic rings. The van der Waals surface area contributed by atoms with Crippen molar-refractivity contribution in [3.63, 3.8) is 0 Å². The van der Waals surface area contributed by atoms with Gasteiger partial charge in [-0.25, -0.2) is 4.79 Å². The van der Waals surface area contributed by atoms with E-state index in [9.17, 15) is 4.79 Å². The van der Waals surface area contributed by atoms with Crippen LogP contribution in [0.5, 0.6) is 5.75 Å². The summed E-state index contributed by atoms with van der Waals surface area (Å²) in [5.74, 6) is 1.38. The second-order valence-electron chi connectivity index (χ2n) is 4.97. The number of rotatable bonds is 2. The molecule has 0 saturated carbocycles. The first-order chi connectivity index (χ1) is 10.8. The highest BCUT2D eigenvalue weighted by atomic mass is 32.1. The Morgan fingerprint density at radius 1 is 1.00 bits per heavy atom. The first-order valence-corrected chi connectivity index (χ1v) is 7.68. The fraction of sp³-hybridized carbons (Fsp3) is 0.0556.